The molecule has 0 atom stereocenters. The summed E-state index contributed by atoms with van der Waals surface area (Å²) in [7, 11) is 3.88. The van der Waals surface area contributed by atoms with E-state index in [0.717, 1.165) is 5.69 Å². The van der Waals surface area contributed by atoms with E-state index < -0.39 is 0 Å². The van der Waals surface area contributed by atoms with Crippen molar-refractivity contribution in [1.82, 2.24) is 4.90 Å². The Hall–Kier alpha value is -2.14. The average molecular weight is 317 g/mol. The minimum Gasteiger partial charge on any atom is -0.402 e. The molecule has 1 rings (SSSR count). The summed E-state index contributed by atoms with van der Waals surface area (Å²) in [6, 6.07) is 9.35. The van der Waals surface area contributed by atoms with Gasteiger partial charge in [-0.3, -0.25) is 9.59 Å². The molecule has 0 aliphatic carbocycles. The summed E-state index contributed by atoms with van der Waals surface area (Å²) in [6.07, 6.45) is 0. The quantitative estimate of drug-likeness (QED) is 0.475. The maximum absolute atomic E-state index is 13.0. The molecule has 0 unspecified atom stereocenters. The number of likely N-dealkylation sites (N-methyl/N-ethyl adjacent to an activating group) is 1. The first-order valence-electron chi connectivity index (χ1n) is 7.78. The van der Waals surface area contributed by atoms with Gasteiger partial charge in [0, 0.05) is 30.4 Å². The molecule has 0 aliphatic heterocycles. The first-order chi connectivity index (χ1) is 10.8. The van der Waals surface area contributed by atoms with Crippen LogP contribution < -0.4 is 10.6 Å². The normalized spacial score (nSPS) is 12.3. The average Bonchev–Trinajstić information content (AvgIpc) is 2.47. The third-order valence-corrected chi connectivity index (χ3v) is 3.46. The molecule has 5 heteroatoms. The van der Waals surface area contributed by atoms with E-state index in [1.165, 1.54) is 0 Å². The Morgan fingerprint density at radius 3 is 2.09 bits per heavy atom. The molecule has 0 fully saturated rings. The second-order valence-corrected chi connectivity index (χ2v) is 6.17. The lowest BCUT2D eigenvalue weighted by Crippen LogP contribution is -2.40. The molecule has 2 N–H and O–H groups in total. The Kier molecular flexibility index (Phi) is 6.97. The molecular formula is C18H27N3O2. The van der Waals surface area contributed by atoms with Crippen LogP contribution in [0.1, 0.15) is 20.8 Å². The number of hydrogen-bond acceptors (Lipinski definition) is 4. The van der Waals surface area contributed by atoms with E-state index in [1.54, 1.807) is 25.7 Å². The number of benzene rings is 1. The summed E-state index contributed by atoms with van der Waals surface area (Å²) in [6.45, 7) is 6.31. The van der Waals surface area contributed by atoms with Crippen LogP contribution in [-0.2, 0) is 9.59 Å². The van der Waals surface area contributed by atoms with Gasteiger partial charge in [0.15, 0.2) is 5.78 Å². The second kappa shape index (κ2) is 8.48. The van der Waals surface area contributed by atoms with Gasteiger partial charge < -0.3 is 15.5 Å². The maximum Gasteiger partial charge on any atom is 0.263 e. The SMILES string of the molecule is C/C(N)=C(\C(=O)C(C)C)C(=O)N(CCN(C)C)c1ccccc1. The number of para-hydroxylation sites is 1. The van der Waals surface area contributed by atoms with E-state index >= 15 is 0 Å². The van der Waals surface area contributed by atoms with Crippen LogP contribution in [0, 0.1) is 5.92 Å². The fourth-order valence-corrected chi connectivity index (χ4v) is 2.15. The summed E-state index contributed by atoms with van der Waals surface area (Å²) in [5.74, 6) is -0.837. The summed E-state index contributed by atoms with van der Waals surface area (Å²) in [5.41, 5.74) is 6.96. The van der Waals surface area contributed by atoms with E-state index in [0.29, 0.717) is 13.1 Å². The van der Waals surface area contributed by atoms with Gasteiger partial charge in [0.25, 0.3) is 5.91 Å². The zero-order valence-electron chi connectivity index (χ0n) is 14.7. The number of carbonyl (C=O) groups excluding carboxylic acids is 2. The van der Waals surface area contributed by atoms with Gasteiger partial charge in [-0.05, 0) is 33.2 Å². The fraction of sp³-hybridized carbons (Fsp3) is 0.444. The molecule has 0 heterocycles. The third-order valence-electron chi connectivity index (χ3n) is 3.46. The zero-order valence-corrected chi connectivity index (χ0v) is 14.7. The monoisotopic (exact) mass is 317 g/mol. The Morgan fingerprint density at radius 2 is 1.65 bits per heavy atom. The Labute approximate surface area is 138 Å². The van der Waals surface area contributed by atoms with Gasteiger partial charge in [0.2, 0.25) is 0 Å². The predicted octanol–water partition coefficient (Wildman–Crippen LogP) is 2.04. The van der Waals surface area contributed by atoms with Crippen LogP contribution in [0.3, 0.4) is 0 Å². The minimum atomic E-state index is -0.336. The molecule has 0 spiro atoms. The number of nitrogens with zero attached hydrogens (tertiary/aromatic N) is 2. The van der Waals surface area contributed by atoms with Crippen molar-refractivity contribution in [1.29, 1.82) is 0 Å². The highest BCUT2D eigenvalue weighted by Crippen LogP contribution is 2.19. The minimum absolute atomic E-state index is 0.0857. The lowest BCUT2D eigenvalue weighted by molar-refractivity contribution is -0.123. The smallest absolute Gasteiger partial charge is 0.263 e. The molecule has 126 valence electrons. The van der Waals surface area contributed by atoms with Crippen LogP contribution in [0.2, 0.25) is 0 Å². The summed E-state index contributed by atoms with van der Waals surface area (Å²) in [5, 5.41) is 0. The van der Waals surface area contributed by atoms with Crippen LogP contribution in [-0.4, -0.2) is 43.8 Å². The van der Waals surface area contributed by atoms with Crippen molar-refractivity contribution in [2.75, 3.05) is 32.1 Å². The molecule has 1 amide bonds. The van der Waals surface area contributed by atoms with Crippen LogP contribution >= 0.6 is 0 Å². The number of hydrogen-bond donors (Lipinski definition) is 1. The van der Waals surface area contributed by atoms with Gasteiger partial charge in [-0.1, -0.05) is 32.0 Å². The summed E-state index contributed by atoms with van der Waals surface area (Å²) in [4.78, 5) is 29.0. The first kappa shape index (κ1) is 18.9. The standard InChI is InChI=1S/C18H27N3O2/c1-13(2)17(22)16(14(3)19)18(23)21(12-11-20(4)5)15-9-7-6-8-10-15/h6-10,13H,11-12,19H2,1-5H3/b16-14-. The Balaban J connectivity index is 3.21. The number of ketones is 1. The number of anilines is 1. The number of carbonyl (C=O) groups is 2. The van der Waals surface area contributed by atoms with Crippen LogP contribution in [0.5, 0.6) is 0 Å². The second-order valence-electron chi connectivity index (χ2n) is 6.17. The van der Waals surface area contributed by atoms with Gasteiger partial charge in [0.05, 0.1) is 0 Å². The lowest BCUT2D eigenvalue weighted by Gasteiger charge is -2.26. The molecule has 0 saturated heterocycles. The molecule has 0 aromatic heterocycles. The van der Waals surface area contributed by atoms with Crippen molar-refractivity contribution in [2.45, 2.75) is 20.8 Å². The molecule has 0 radical (unpaired) electrons. The molecular weight excluding hydrogens is 290 g/mol. The topological polar surface area (TPSA) is 66.6 Å². The molecule has 1 aromatic carbocycles. The van der Waals surface area contributed by atoms with Crippen molar-refractivity contribution in [3.63, 3.8) is 0 Å². The molecule has 1 aromatic rings. The van der Waals surface area contributed by atoms with E-state index in [2.05, 4.69) is 0 Å². The van der Waals surface area contributed by atoms with E-state index in [4.69, 9.17) is 5.73 Å². The van der Waals surface area contributed by atoms with Gasteiger partial charge >= 0.3 is 0 Å². The van der Waals surface area contributed by atoms with Crippen molar-refractivity contribution in [2.24, 2.45) is 11.7 Å². The molecule has 0 aliphatic rings. The van der Waals surface area contributed by atoms with Crippen molar-refractivity contribution in [3.05, 3.63) is 41.6 Å². The maximum atomic E-state index is 13.0. The molecule has 23 heavy (non-hydrogen) atoms. The number of allylic oxidation sites excluding steroid dienone is 1. The van der Waals surface area contributed by atoms with Gasteiger partial charge in [-0.2, -0.15) is 0 Å². The van der Waals surface area contributed by atoms with Crippen LogP contribution in [0.25, 0.3) is 0 Å². The van der Waals surface area contributed by atoms with Crippen molar-refractivity contribution < 1.29 is 9.59 Å². The van der Waals surface area contributed by atoms with Gasteiger partial charge in [0.1, 0.15) is 5.57 Å². The largest absolute Gasteiger partial charge is 0.402 e. The predicted molar refractivity (Wildman–Crippen MR) is 94.1 cm³/mol. The van der Waals surface area contributed by atoms with Gasteiger partial charge in [-0.15, -0.1) is 0 Å². The number of amides is 1. The fourth-order valence-electron chi connectivity index (χ4n) is 2.15. The summed E-state index contributed by atoms with van der Waals surface area (Å²) >= 11 is 0. The van der Waals surface area contributed by atoms with E-state index in [1.807, 2.05) is 49.3 Å². The number of rotatable bonds is 7. The molecule has 0 saturated carbocycles. The highest BCUT2D eigenvalue weighted by Gasteiger charge is 2.28. The highest BCUT2D eigenvalue weighted by atomic mass is 16.2. The van der Waals surface area contributed by atoms with Gasteiger partial charge in [-0.25, -0.2) is 0 Å². The summed E-state index contributed by atoms with van der Waals surface area (Å²) < 4.78 is 0. The van der Waals surface area contributed by atoms with E-state index in [-0.39, 0.29) is 28.9 Å². The van der Waals surface area contributed by atoms with E-state index in [9.17, 15) is 9.59 Å². The van der Waals surface area contributed by atoms with Crippen molar-refractivity contribution in [3.8, 4) is 0 Å². The Morgan fingerprint density at radius 1 is 1.09 bits per heavy atom. The zero-order chi connectivity index (χ0) is 17.6. The highest BCUT2D eigenvalue weighted by molar-refractivity contribution is 6.25. The lowest BCUT2D eigenvalue weighted by atomic mass is 9.98. The third kappa shape index (κ3) is 5.21. The number of nitrogens with two attached hydrogens (primary N) is 1. The van der Waals surface area contributed by atoms with Crippen LogP contribution in [0.4, 0.5) is 5.69 Å². The Bertz CT molecular complexity index is 573. The molecule has 0 bridgehead atoms. The van der Waals surface area contributed by atoms with Crippen LogP contribution in [0.15, 0.2) is 41.6 Å². The molecule has 5 nitrogen and oxygen atoms in total. The first-order valence-corrected chi connectivity index (χ1v) is 7.78. The number of Topliss-reactive ketones (excluding diaryl/α,β-unsaturated/α-hetero) is 1. The van der Waals surface area contributed by atoms with Crippen molar-refractivity contribution >= 4 is 17.4 Å².